The van der Waals surface area contributed by atoms with Gasteiger partial charge in [0.25, 0.3) is 0 Å². The van der Waals surface area contributed by atoms with Gasteiger partial charge < -0.3 is 9.88 Å². The summed E-state index contributed by atoms with van der Waals surface area (Å²) >= 11 is 0. The van der Waals surface area contributed by atoms with Crippen molar-refractivity contribution in [2.24, 2.45) is 0 Å². The van der Waals surface area contributed by atoms with Gasteiger partial charge in [-0.2, -0.15) is 0 Å². The van der Waals surface area contributed by atoms with Crippen LogP contribution in [0.5, 0.6) is 0 Å². The first kappa shape index (κ1) is 11.8. The van der Waals surface area contributed by atoms with Gasteiger partial charge in [-0.3, -0.25) is 4.79 Å². The van der Waals surface area contributed by atoms with Gasteiger partial charge in [-0.1, -0.05) is 18.2 Å². The molecule has 1 aromatic heterocycles. The zero-order chi connectivity index (χ0) is 13.7. The molecule has 0 spiro atoms. The fourth-order valence-corrected chi connectivity index (χ4v) is 3.63. The Kier molecular flexibility index (Phi) is 2.49. The second-order valence-electron chi connectivity index (χ2n) is 5.82. The van der Waals surface area contributed by atoms with Crippen molar-refractivity contribution in [2.75, 3.05) is 6.54 Å². The summed E-state index contributed by atoms with van der Waals surface area (Å²) in [6.07, 6.45) is 5.07. The van der Waals surface area contributed by atoms with Gasteiger partial charge in [-0.15, -0.1) is 0 Å². The Labute approximate surface area is 118 Å². The molecule has 3 heterocycles. The number of fused-ring (bicyclic) bond motifs is 5. The summed E-state index contributed by atoms with van der Waals surface area (Å²) in [5, 5.41) is 1.36. The van der Waals surface area contributed by atoms with Crippen LogP contribution in [0.2, 0.25) is 0 Å². The smallest absolute Gasteiger partial charge is 0.157 e. The summed E-state index contributed by atoms with van der Waals surface area (Å²) < 4.78 is 0. The number of nitrogens with zero attached hydrogens (tertiary/aromatic N) is 1. The fraction of sp³-hybridized carbons (Fsp3) is 0.353. The topological polar surface area (TPSA) is 36.1 Å². The first-order valence-corrected chi connectivity index (χ1v) is 7.31. The molecular formula is C17H18N2O. The van der Waals surface area contributed by atoms with Gasteiger partial charge in [0.15, 0.2) is 5.78 Å². The van der Waals surface area contributed by atoms with E-state index in [0.717, 1.165) is 31.4 Å². The van der Waals surface area contributed by atoms with Crippen molar-refractivity contribution in [1.82, 2.24) is 9.88 Å². The van der Waals surface area contributed by atoms with Crippen molar-refractivity contribution < 1.29 is 4.79 Å². The highest BCUT2D eigenvalue weighted by Crippen LogP contribution is 2.40. The van der Waals surface area contributed by atoms with Gasteiger partial charge in [0.1, 0.15) is 0 Å². The minimum absolute atomic E-state index is 0.214. The van der Waals surface area contributed by atoms with Crippen LogP contribution < -0.4 is 0 Å². The van der Waals surface area contributed by atoms with Crippen molar-refractivity contribution in [3.8, 4) is 0 Å². The number of aromatic nitrogens is 1. The van der Waals surface area contributed by atoms with Crippen molar-refractivity contribution in [3.63, 3.8) is 0 Å². The van der Waals surface area contributed by atoms with Crippen LogP contribution in [0.4, 0.5) is 0 Å². The van der Waals surface area contributed by atoms with Crippen LogP contribution in [-0.4, -0.2) is 22.2 Å². The lowest BCUT2D eigenvalue weighted by Crippen LogP contribution is -2.34. The number of carbonyl (C=O) groups excluding carboxylic acids is 1. The maximum Gasteiger partial charge on any atom is 0.157 e. The number of aromatic amines is 1. The molecule has 0 aliphatic carbocycles. The number of H-pyrrole nitrogens is 1. The van der Waals surface area contributed by atoms with E-state index in [1.165, 1.54) is 22.2 Å². The molecule has 0 radical (unpaired) electrons. The molecule has 102 valence electrons. The molecule has 2 aliphatic rings. The average molecular weight is 266 g/mol. The van der Waals surface area contributed by atoms with E-state index in [0.29, 0.717) is 6.04 Å². The normalized spacial score (nSPS) is 21.4. The number of para-hydroxylation sites is 1. The van der Waals surface area contributed by atoms with E-state index in [1.54, 1.807) is 6.92 Å². The average Bonchev–Trinajstić information content (AvgIpc) is 2.85. The molecule has 0 saturated carbocycles. The number of ketones is 1. The molecule has 0 saturated heterocycles. The zero-order valence-electron chi connectivity index (χ0n) is 11.6. The van der Waals surface area contributed by atoms with E-state index in [9.17, 15) is 4.79 Å². The molecule has 3 heteroatoms. The summed E-state index contributed by atoms with van der Waals surface area (Å²) in [5.74, 6) is 0.214. The largest absolute Gasteiger partial charge is 0.368 e. The molecule has 20 heavy (non-hydrogen) atoms. The Morgan fingerprint density at radius 2 is 2.15 bits per heavy atom. The van der Waals surface area contributed by atoms with Gasteiger partial charge in [-0.05, 0) is 37.8 Å². The van der Waals surface area contributed by atoms with Crippen LogP contribution >= 0.6 is 0 Å². The minimum atomic E-state index is 0.214. The molecule has 2 aromatic rings. The van der Waals surface area contributed by atoms with Crippen LogP contribution in [-0.2, 0) is 11.2 Å². The Morgan fingerprint density at radius 3 is 3.00 bits per heavy atom. The SMILES string of the molecule is CC(=O)C1=CN2CCc3c([nH]c4ccccc34)[C@H]2CC1. The highest BCUT2D eigenvalue weighted by Gasteiger charge is 2.31. The first-order chi connectivity index (χ1) is 9.74. The summed E-state index contributed by atoms with van der Waals surface area (Å²) in [4.78, 5) is 17.5. The van der Waals surface area contributed by atoms with E-state index >= 15 is 0 Å². The van der Waals surface area contributed by atoms with Crippen molar-refractivity contribution in [1.29, 1.82) is 0 Å². The number of hydrogen-bond donors (Lipinski definition) is 1. The molecule has 0 amide bonds. The van der Waals surface area contributed by atoms with Crippen LogP contribution in [0.15, 0.2) is 36.0 Å². The van der Waals surface area contributed by atoms with E-state index in [-0.39, 0.29) is 5.78 Å². The van der Waals surface area contributed by atoms with Gasteiger partial charge in [0, 0.05) is 34.9 Å². The number of hydrogen-bond acceptors (Lipinski definition) is 2. The Bertz CT molecular complexity index is 726. The van der Waals surface area contributed by atoms with Crippen molar-refractivity contribution >= 4 is 16.7 Å². The fourth-order valence-electron chi connectivity index (χ4n) is 3.63. The van der Waals surface area contributed by atoms with Gasteiger partial charge in [0.05, 0.1) is 6.04 Å². The summed E-state index contributed by atoms with van der Waals surface area (Å²) in [7, 11) is 0. The quantitative estimate of drug-likeness (QED) is 0.859. The Hall–Kier alpha value is -2.03. The monoisotopic (exact) mass is 266 g/mol. The standard InChI is InChI=1S/C17H18N2O/c1-11(20)12-6-7-16-17-14(8-9-19(16)10-12)13-4-2-3-5-15(13)18-17/h2-5,10,16,18H,6-9H2,1H3/t16-/m1/s1. The predicted molar refractivity (Wildman–Crippen MR) is 79.4 cm³/mol. The highest BCUT2D eigenvalue weighted by atomic mass is 16.1. The summed E-state index contributed by atoms with van der Waals surface area (Å²) in [5.41, 5.74) is 5.04. The molecule has 0 bridgehead atoms. The van der Waals surface area contributed by atoms with E-state index in [4.69, 9.17) is 0 Å². The number of benzene rings is 1. The van der Waals surface area contributed by atoms with Gasteiger partial charge in [-0.25, -0.2) is 0 Å². The second-order valence-corrected chi connectivity index (χ2v) is 5.82. The first-order valence-electron chi connectivity index (χ1n) is 7.31. The maximum atomic E-state index is 11.6. The number of nitrogens with one attached hydrogen (secondary N) is 1. The molecule has 1 atom stereocenters. The van der Waals surface area contributed by atoms with Gasteiger partial charge >= 0.3 is 0 Å². The molecule has 3 nitrogen and oxygen atoms in total. The van der Waals surface area contributed by atoms with Crippen LogP contribution in [0.25, 0.3) is 10.9 Å². The molecule has 0 fully saturated rings. The lowest BCUT2D eigenvalue weighted by atomic mass is 9.90. The number of allylic oxidation sites excluding steroid dienone is 1. The van der Waals surface area contributed by atoms with E-state index in [1.807, 2.05) is 0 Å². The third kappa shape index (κ3) is 1.62. The number of carbonyl (C=O) groups is 1. The van der Waals surface area contributed by atoms with Crippen molar-refractivity contribution in [2.45, 2.75) is 32.2 Å². The van der Waals surface area contributed by atoms with E-state index in [2.05, 4.69) is 40.3 Å². The third-order valence-corrected chi connectivity index (χ3v) is 4.66. The minimum Gasteiger partial charge on any atom is -0.368 e. The zero-order valence-corrected chi connectivity index (χ0v) is 11.6. The molecule has 4 rings (SSSR count). The maximum absolute atomic E-state index is 11.6. The number of rotatable bonds is 1. The molecular weight excluding hydrogens is 248 g/mol. The third-order valence-electron chi connectivity index (χ3n) is 4.66. The lowest BCUT2D eigenvalue weighted by Gasteiger charge is -2.38. The predicted octanol–water partition coefficient (Wildman–Crippen LogP) is 3.33. The molecule has 1 N–H and O–H groups in total. The van der Waals surface area contributed by atoms with Crippen LogP contribution in [0.1, 0.15) is 37.1 Å². The summed E-state index contributed by atoms with van der Waals surface area (Å²) in [6.45, 7) is 2.68. The highest BCUT2D eigenvalue weighted by molar-refractivity contribution is 5.93. The molecule has 1 aromatic carbocycles. The van der Waals surface area contributed by atoms with E-state index < -0.39 is 0 Å². The van der Waals surface area contributed by atoms with Crippen LogP contribution in [0.3, 0.4) is 0 Å². The molecule has 2 aliphatic heterocycles. The number of Topliss-reactive ketones (excluding diaryl/α,β-unsaturated/α-hetero) is 1. The Balaban J connectivity index is 1.80. The lowest BCUT2D eigenvalue weighted by molar-refractivity contribution is -0.114. The van der Waals surface area contributed by atoms with Crippen molar-refractivity contribution in [3.05, 3.63) is 47.3 Å². The molecule has 0 unspecified atom stereocenters. The summed E-state index contributed by atoms with van der Waals surface area (Å²) in [6, 6.07) is 8.96. The Morgan fingerprint density at radius 1 is 1.30 bits per heavy atom. The van der Waals surface area contributed by atoms with Gasteiger partial charge in [0.2, 0.25) is 0 Å². The second kappa shape index (κ2) is 4.23. The van der Waals surface area contributed by atoms with Crippen LogP contribution in [0, 0.1) is 0 Å².